The predicted octanol–water partition coefficient (Wildman–Crippen LogP) is 14.3. The van der Waals surface area contributed by atoms with E-state index in [1.165, 1.54) is 70.8 Å². The van der Waals surface area contributed by atoms with Gasteiger partial charge in [0.25, 0.3) is 0 Å². The summed E-state index contributed by atoms with van der Waals surface area (Å²) in [7, 11) is 0. The molecule has 0 aliphatic rings. The Labute approximate surface area is 339 Å². The third-order valence-corrected chi connectivity index (χ3v) is 12.4. The Bertz CT molecular complexity index is 3830. The molecule has 9 aromatic carbocycles. The summed E-state index contributed by atoms with van der Waals surface area (Å²) in [5.41, 5.74) is 13.5. The van der Waals surface area contributed by atoms with Crippen molar-refractivity contribution in [3.8, 4) is 28.3 Å². The highest BCUT2D eigenvalue weighted by Crippen LogP contribution is 2.44. The Balaban J connectivity index is 1.14. The minimum Gasteiger partial charge on any atom is -0.309 e. The molecule has 0 aliphatic carbocycles. The fourth-order valence-corrected chi connectivity index (χ4v) is 9.96. The van der Waals surface area contributed by atoms with Gasteiger partial charge in [0.1, 0.15) is 0 Å². The van der Waals surface area contributed by atoms with Gasteiger partial charge in [-0.15, -0.1) is 0 Å². The molecule has 0 aliphatic heterocycles. The summed E-state index contributed by atoms with van der Waals surface area (Å²) >= 11 is 0. The molecule has 0 bridgehead atoms. The van der Waals surface area contributed by atoms with Crippen LogP contribution in [0.5, 0.6) is 0 Å². The van der Waals surface area contributed by atoms with Gasteiger partial charge in [0.15, 0.2) is 0 Å². The molecule has 0 amide bonds. The third-order valence-electron chi connectivity index (χ3n) is 12.4. The smallest absolute Gasteiger partial charge is 0.0789 e. The summed E-state index contributed by atoms with van der Waals surface area (Å²) in [6.45, 7) is 0. The number of hydrogen-bond donors (Lipinski definition) is 0. The van der Waals surface area contributed by atoms with Crippen LogP contribution in [0.1, 0.15) is 0 Å². The molecule has 0 N–H and O–H groups in total. The van der Waals surface area contributed by atoms with Crippen molar-refractivity contribution in [3.63, 3.8) is 0 Å². The molecule has 0 unspecified atom stereocenters. The number of pyridine rings is 1. The van der Waals surface area contributed by atoms with E-state index in [-0.39, 0.29) is 0 Å². The van der Waals surface area contributed by atoms with E-state index in [1.54, 1.807) is 0 Å². The van der Waals surface area contributed by atoms with Gasteiger partial charge >= 0.3 is 0 Å². The molecule has 4 nitrogen and oxygen atoms in total. The van der Waals surface area contributed by atoms with Crippen LogP contribution in [-0.2, 0) is 0 Å². The first-order chi connectivity index (χ1) is 29.3. The Kier molecular flexibility index (Phi) is 6.69. The number of para-hydroxylation sites is 6. The van der Waals surface area contributed by atoms with Gasteiger partial charge in [-0.3, -0.25) is 0 Å². The van der Waals surface area contributed by atoms with Crippen molar-refractivity contribution < 1.29 is 0 Å². The minimum atomic E-state index is 0.969. The van der Waals surface area contributed by atoms with E-state index < -0.39 is 0 Å². The fourth-order valence-electron chi connectivity index (χ4n) is 9.96. The van der Waals surface area contributed by atoms with Crippen LogP contribution in [0.2, 0.25) is 0 Å². The summed E-state index contributed by atoms with van der Waals surface area (Å²) in [6.07, 6.45) is 0. The average molecular weight is 751 g/mol. The highest BCUT2D eigenvalue weighted by Gasteiger charge is 2.23. The molecule has 13 rings (SSSR count). The van der Waals surface area contributed by atoms with Crippen molar-refractivity contribution in [1.82, 2.24) is 18.7 Å². The maximum Gasteiger partial charge on any atom is 0.0789 e. The molecule has 0 saturated carbocycles. The lowest BCUT2D eigenvalue weighted by atomic mass is 9.97. The molecule has 0 spiro atoms. The number of hydrogen-bond acceptors (Lipinski definition) is 1. The average Bonchev–Trinajstić information content (AvgIpc) is 3.95. The SMILES string of the molecule is c1ccc(-n2c3ccccc3c3ccc4c(-c5cccc(-n6c7ccccc7c7ccc8c9ccccc9n(-c9ccccc9)c8c76)c5)nc5ccccc5c4c32)cc1. The van der Waals surface area contributed by atoms with Gasteiger partial charge in [-0.2, -0.15) is 0 Å². The van der Waals surface area contributed by atoms with E-state index in [4.69, 9.17) is 4.98 Å². The van der Waals surface area contributed by atoms with Crippen LogP contribution in [-0.4, -0.2) is 18.7 Å². The standard InChI is InChI=1S/C55H34N4/c1-3-17-36(18-4-1)57-48-27-12-8-22-39(48)42-32-33-46-51(53(42)57)45-25-7-11-26-47(45)56-52(46)35-16-15-21-38(34-35)59-50-29-14-10-24-41(50)44-31-30-43-40-23-9-13-28-49(40)58(54(43)55(44)59)37-19-5-2-6-20-37/h1-34H. The van der Waals surface area contributed by atoms with Crippen molar-refractivity contribution in [2.45, 2.75) is 0 Å². The quantitative estimate of drug-likeness (QED) is 0.165. The van der Waals surface area contributed by atoms with Crippen LogP contribution in [0, 0.1) is 0 Å². The highest BCUT2D eigenvalue weighted by atomic mass is 15.0. The van der Waals surface area contributed by atoms with Crippen molar-refractivity contribution >= 4 is 87.1 Å². The summed E-state index contributed by atoms with van der Waals surface area (Å²) in [5.74, 6) is 0. The van der Waals surface area contributed by atoms with Gasteiger partial charge in [-0.05, 0) is 60.7 Å². The maximum atomic E-state index is 5.49. The predicted molar refractivity (Wildman–Crippen MR) is 248 cm³/mol. The Morgan fingerprint density at radius 1 is 0.288 bits per heavy atom. The molecule has 4 heteroatoms. The highest BCUT2D eigenvalue weighted by molar-refractivity contribution is 6.27. The normalized spacial score (nSPS) is 12.1. The largest absolute Gasteiger partial charge is 0.309 e. The zero-order valence-electron chi connectivity index (χ0n) is 31.9. The van der Waals surface area contributed by atoms with Gasteiger partial charge in [-0.1, -0.05) is 146 Å². The second kappa shape index (κ2) is 12.3. The molecule has 0 radical (unpaired) electrons. The molecular formula is C55H34N4. The van der Waals surface area contributed by atoms with Crippen molar-refractivity contribution in [2.75, 3.05) is 0 Å². The van der Waals surface area contributed by atoms with E-state index >= 15 is 0 Å². The molecule has 0 atom stereocenters. The summed E-state index contributed by atoms with van der Waals surface area (Å²) in [4.78, 5) is 5.49. The number of benzene rings is 9. The van der Waals surface area contributed by atoms with Crippen LogP contribution < -0.4 is 0 Å². The van der Waals surface area contributed by atoms with E-state index in [2.05, 4.69) is 220 Å². The first-order valence-electron chi connectivity index (χ1n) is 20.2. The topological polar surface area (TPSA) is 27.7 Å². The summed E-state index contributed by atoms with van der Waals surface area (Å²) in [6, 6.07) is 74.7. The number of fused-ring (bicyclic) bond motifs is 14. The molecule has 59 heavy (non-hydrogen) atoms. The second-order valence-electron chi connectivity index (χ2n) is 15.5. The van der Waals surface area contributed by atoms with Gasteiger partial charge in [0.05, 0.1) is 44.3 Å². The van der Waals surface area contributed by atoms with Crippen molar-refractivity contribution in [1.29, 1.82) is 0 Å². The Morgan fingerprint density at radius 3 is 1.29 bits per heavy atom. The number of aromatic nitrogens is 4. The minimum absolute atomic E-state index is 0.969. The van der Waals surface area contributed by atoms with Crippen LogP contribution in [0.15, 0.2) is 206 Å². The van der Waals surface area contributed by atoms with E-state index in [0.717, 1.165) is 44.6 Å². The van der Waals surface area contributed by atoms with Gasteiger partial charge < -0.3 is 13.7 Å². The molecule has 4 heterocycles. The molecule has 274 valence electrons. The van der Waals surface area contributed by atoms with Crippen LogP contribution in [0.3, 0.4) is 0 Å². The molecule has 4 aromatic heterocycles. The fraction of sp³-hybridized carbons (Fsp3) is 0. The van der Waals surface area contributed by atoms with Gasteiger partial charge in [0.2, 0.25) is 0 Å². The van der Waals surface area contributed by atoms with Gasteiger partial charge in [-0.25, -0.2) is 4.98 Å². The van der Waals surface area contributed by atoms with Crippen LogP contribution in [0.4, 0.5) is 0 Å². The lowest BCUT2D eigenvalue weighted by Gasteiger charge is -2.16. The van der Waals surface area contributed by atoms with Crippen LogP contribution >= 0.6 is 0 Å². The molecule has 0 saturated heterocycles. The van der Waals surface area contributed by atoms with Crippen LogP contribution in [0.25, 0.3) is 115 Å². The van der Waals surface area contributed by atoms with Crippen molar-refractivity contribution in [2.24, 2.45) is 0 Å². The number of nitrogens with zero attached hydrogens (tertiary/aromatic N) is 4. The zero-order chi connectivity index (χ0) is 38.6. The molecule has 0 fully saturated rings. The Morgan fingerprint density at radius 2 is 0.712 bits per heavy atom. The third kappa shape index (κ3) is 4.51. The van der Waals surface area contributed by atoms with E-state index in [1.807, 2.05) is 0 Å². The van der Waals surface area contributed by atoms with E-state index in [9.17, 15) is 0 Å². The lowest BCUT2D eigenvalue weighted by Crippen LogP contribution is -1.99. The zero-order valence-corrected chi connectivity index (χ0v) is 31.9. The summed E-state index contributed by atoms with van der Waals surface area (Å²) in [5, 5.41) is 10.9. The second-order valence-corrected chi connectivity index (χ2v) is 15.5. The molecule has 13 aromatic rings. The first kappa shape index (κ1) is 32.2. The number of rotatable bonds is 4. The lowest BCUT2D eigenvalue weighted by molar-refractivity contribution is 1.15. The first-order valence-corrected chi connectivity index (χ1v) is 20.2. The monoisotopic (exact) mass is 750 g/mol. The van der Waals surface area contributed by atoms with Gasteiger partial charge in [0, 0.05) is 71.1 Å². The molecular weight excluding hydrogens is 717 g/mol. The Hall–Kier alpha value is -7.95. The summed E-state index contributed by atoms with van der Waals surface area (Å²) < 4.78 is 7.36. The van der Waals surface area contributed by atoms with E-state index in [0.29, 0.717) is 0 Å². The maximum absolute atomic E-state index is 5.49. The van der Waals surface area contributed by atoms with Crippen molar-refractivity contribution in [3.05, 3.63) is 206 Å².